The van der Waals surface area contributed by atoms with E-state index in [2.05, 4.69) is 40.6 Å². The zero-order valence-corrected chi connectivity index (χ0v) is 15.0. The highest BCUT2D eigenvalue weighted by molar-refractivity contribution is 5.94. The maximum atomic E-state index is 5.81. The van der Waals surface area contributed by atoms with Crippen LogP contribution in [0.3, 0.4) is 0 Å². The summed E-state index contributed by atoms with van der Waals surface area (Å²) in [6.45, 7) is 16.2. The van der Waals surface area contributed by atoms with E-state index in [1.807, 2.05) is 13.8 Å². The number of guanidine groups is 1. The van der Waals surface area contributed by atoms with E-state index in [0.29, 0.717) is 5.96 Å². The minimum atomic E-state index is 0.333. The van der Waals surface area contributed by atoms with Crippen LogP contribution in [-0.2, 0) is 0 Å². The lowest BCUT2D eigenvalue weighted by molar-refractivity contribution is 0.263. The summed E-state index contributed by atoms with van der Waals surface area (Å²) in [5, 5.41) is 3.02. The Morgan fingerprint density at radius 2 is 1.59 bits per heavy atom. The first-order valence-corrected chi connectivity index (χ1v) is 8.49. The SMILES string of the molecule is C=C(C)NC(C)=NC(N)=NCCCN(CCCC)CCCC. The summed E-state index contributed by atoms with van der Waals surface area (Å²) >= 11 is 0. The van der Waals surface area contributed by atoms with Crippen molar-refractivity contribution in [3.63, 3.8) is 0 Å². The Labute approximate surface area is 136 Å². The van der Waals surface area contributed by atoms with Crippen LogP contribution in [0, 0.1) is 0 Å². The third kappa shape index (κ3) is 12.4. The molecule has 0 rings (SSSR count). The van der Waals surface area contributed by atoms with Gasteiger partial charge in [0.25, 0.3) is 0 Å². The van der Waals surface area contributed by atoms with E-state index in [-0.39, 0.29) is 0 Å². The predicted molar refractivity (Wildman–Crippen MR) is 98.4 cm³/mol. The lowest BCUT2D eigenvalue weighted by atomic mass is 10.2. The van der Waals surface area contributed by atoms with Crippen LogP contribution in [-0.4, -0.2) is 42.9 Å². The Bertz CT molecular complexity index is 352. The van der Waals surface area contributed by atoms with Crippen LogP contribution in [0.1, 0.15) is 59.8 Å². The summed E-state index contributed by atoms with van der Waals surface area (Å²) in [6, 6.07) is 0. The standard InChI is InChI=1S/C17H35N5/c1-6-8-12-22(13-9-7-2)14-10-11-19-17(18)21-16(5)20-15(3)4/h3,6-14H2,1-2,4-5H3,(H3,18,19,20,21). The average Bonchev–Trinajstić information content (AvgIpc) is 2.44. The average molecular weight is 310 g/mol. The first-order chi connectivity index (χ1) is 10.5. The number of allylic oxidation sites excluding steroid dienone is 1. The Kier molecular flexibility index (Phi) is 12.5. The highest BCUT2D eigenvalue weighted by atomic mass is 15.1. The Morgan fingerprint density at radius 3 is 2.09 bits per heavy atom. The molecule has 0 heterocycles. The normalized spacial score (nSPS) is 12.8. The summed E-state index contributed by atoms with van der Waals surface area (Å²) in [7, 11) is 0. The van der Waals surface area contributed by atoms with Gasteiger partial charge in [0.2, 0.25) is 5.96 Å². The molecule has 0 aliphatic rings. The van der Waals surface area contributed by atoms with Gasteiger partial charge in [0, 0.05) is 12.2 Å². The second-order valence-electron chi connectivity index (χ2n) is 5.74. The van der Waals surface area contributed by atoms with E-state index < -0.39 is 0 Å². The molecule has 0 aromatic rings. The van der Waals surface area contributed by atoms with E-state index in [1.54, 1.807) is 0 Å². The van der Waals surface area contributed by atoms with Gasteiger partial charge in [-0.1, -0.05) is 33.3 Å². The van der Waals surface area contributed by atoms with Gasteiger partial charge >= 0.3 is 0 Å². The van der Waals surface area contributed by atoms with Crippen molar-refractivity contribution in [2.24, 2.45) is 15.7 Å². The number of rotatable bonds is 11. The smallest absolute Gasteiger partial charge is 0.216 e. The number of nitrogens with one attached hydrogen (secondary N) is 1. The molecule has 0 spiro atoms. The topological polar surface area (TPSA) is 66.0 Å². The van der Waals surface area contributed by atoms with E-state index in [0.717, 1.165) is 31.0 Å². The molecule has 0 aromatic heterocycles. The van der Waals surface area contributed by atoms with Crippen LogP contribution in [0.25, 0.3) is 0 Å². The highest BCUT2D eigenvalue weighted by Gasteiger charge is 2.03. The molecule has 128 valence electrons. The number of unbranched alkanes of at least 4 members (excludes halogenated alkanes) is 2. The van der Waals surface area contributed by atoms with Crippen molar-refractivity contribution in [2.45, 2.75) is 59.8 Å². The van der Waals surface area contributed by atoms with Crippen molar-refractivity contribution in [3.05, 3.63) is 12.3 Å². The maximum Gasteiger partial charge on any atom is 0.216 e. The Balaban J connectivity index is 4.12. The first-order valence-electron chi connectivity index (χ1n) is 8.49. The molecule has 0 radical (unpaired) electrons. The largest absolute Gasteiger partial charge is 0.368 e. The molecule has 0 amide bonds. The van der Waals surface area contributed by atoms with Gasteiger partial charge in [-0.05, 0) is 52.7 Å². The van der Waals surface area contributed by atoms with Crippen molar-refractivity contribution in [1.82, 2.24) is 10.2 Å². The van der Waals surface area contributed by atoms with Gasteiger partial charge in [0.05, 0.1) is 0 Å². The monoisotopic (exact) mass is 309 g/mol. The van der Waals surface area contributed by atoms with Crippen LogP contribution < -0.4 is 11.1 Å². The molecule has 0 aromatic carbocycles. The van der Waals surface area contributed by atoms with Gasteiger partial charge in [0.15, 0.2) is 0 Å². The van der Waals surface area contributed by atoms with Gasteiger partial charge in [-0.15, -0.1) is 0 Å². The fourth-order valence-corrected chi connectivity index (χ4v) is 2.13. The van der Waals surface area contributed by atoms with Crippen LogP contribution in [0.15, 0.2) is 22.3 Å². The maximum absolute atomic E-state index is 5.81. The van der Waals surface area contributed by atoms with E-state index in [4.69, 9.17) is 5.73 Å². The fraction of sp³-hybridized carbons (Fsp3) is 0.765. The van der Waals surface area contributed by atoms with Crippen LogP contribution in [0.5, 0.6) is 0 Å². The number of nitrogens with two attached hydrogens (primary N) is 1. The van der Waals surface area contributed by atoms with Crippen LogP contribution in [0.4, 0.5) is 0 Å². The molecule has 5 nitrogen and oxygen atoms in total. The lowest BCUT2D eigenvalue weighted by Crippen LogP contribution is -2.27. The highest BCUT2D eigenvalue weighted by Crippen LogP contribution is 2.00. The molecule has 3 N–H and O–H groups in total. The minimum absolute atomic E-state index is 0.333. The van der Waals surface area contributed by atoms with Gasteiger partial charge in [0.1, 0.15) is 5.84 Å². The van der Waals surface area contributed by atoms with Gasteiger partial charge < -0.3 is 16.0 Å². The van der Waals surface area contributed by atoms with Crippen molar-refractivity contribution >= 4 is 11.8 Å². The minimum Gasteiger partial charge on any atom is -0.368 e. The molecular weight excluding hydrogens is 274 g/mol. The van der Waals surface area contributed by atoms with Crippen LogP contribution >= 0.6 is 0 Å². The molecular formula is C17H35N5. The number of aliphatic imine (C=N–C) groups is 2. The first kappa shape index (κ1) is 20.6. The number of nitrogens with zero attached hydrogens (tertiary/aromatic N) is 3. The molecule has 5 heteroatoms. The summed E-state index contributed by atoms with van der Waals surface area (Å²) in [5.74, 6) is 1.06. The molecule has 22 heavy (non-hydrogen) atoms. The third-order valence-corrected chi connectivity index (χ3v) is 3.24. The molecule has 0 aliphatic heterocycles. The lowest BCUT2D eigenvalue weighted by Gasteiger charge is -2.21. The molecule has 0 saturated heterocycles. The van der Waals surface area contributed by atoms with E-state index >= 15 is 0 Å². The fourth-order valence-electron chi connectivity index (χ4n) is 2.13. The van der Waals surface area contributed by atoms with Gasteiger partial charge in [-0.25, -0.2) is 4.99 Å². The zero-order chi connectivity index (χ0) is 16.8. The van der Waals surface area contributed by atoms with Gasteiger partial charge in [-0.3, -0.25) is 4.99 Å². The summed E-state index contributed by atoms with van der Waals surface area (Å²) in [4.78, 5) is 11.0. The number of hydrogen-bond donors (Lipinski definition) is 2. The van der Waals surface area contributed by atoms with Crippen molar-refractivity contribution in [3.8, 4) is 0 Å². The second-order valence-corrected chi connectivity index (χ2v) is 5.74. The summed E-state index contributed by atoms with van der Waals surface area (Å²) in [5.41, 5.74) is 6.65. The Hall–Kier alpha value is -1.36. The van der Waals surface area contributed by atoms with E-state index in [1.165, 1.54) is 38.8 Å². The third-order valence-electron chi connectivity index (χ3n) is 3.24. The molecule has 0 aliphatic carbocycles. The predicted octanol–water partition coefficient (Wildman–Crippen LogP) is 3.14. The number of hydrogen-bond acceptors (Lipinski definition) is 2. The van der Waals surface area contributed by atoms with Crippen LogP contribution in [0.2, 0.25) is 0 Å². The summed E-state index contributed by atoms with van der Waals surface area (Å²) < 4.78 is 0. The molecule has 0 unspecified atom stereocenters. The van der Waals surface area contributed by atoms with Crippen molar-refractivity contribution in [2.75, 3.05) is 26.2 Å². The molecule has 0 atom stereocenters. The quantitative estimate of drug-likeness (QED) is 0.350. The van der Waals surface area contributed by atoms with Gasteiger partial charge in [-0.2, -0.15) is 0 Å². The zero-order valence-electron chi connectivity index (χ0n) is 15.0. The second kappa shape index (κ2) is 13.3. The summed E-state index contributed by atoms with van der Waals surface area (Å²) in [6.07, 6.45) is 6.06. The molecule has 0 saturated carbocycles. The Morgan fingerprint density at radius 1 is 1.05 bits per heavy atom. The number of amidine groups is 1. The molecule has 0 fully saturated rings. The van der Waals surface area contributed by atoms with Crippen molar-refractivity contribution < 1.29 is 0 Å². The molecule has 0 bridgehead atoms. The van der Waals surface area contributed by atoms with Crippen molar-refractivity contribution in [1.29, 1.82) is 0 Å². The van der Waals surface area contributed by atoms with E-state index in [9.17, 15) is 0 Å².